The molecular formula is C15H12F3IN2O6S. The second kappa shape index (κ2) is 10.3. The number of thioether (sulfide) groups is 1. The lowest BCUT2D eigenvalue weighted by molar-refractivity contribution is -0.385. The van der Waals surface area contributed by atoms with Crippen LogP contribution in [0.2, 0.25) is 0 Å². The highest BCUT2D eigenvalue weighted by Gasteiger charge is 2.31. The van der Waals surface area contributed by atoms with Gasteiger partial charge in [-0.1, -0.05) is 0 Å². The molecule has 0 heterocycles. The van der Waals surface area contributed by atoms with Gasteiger partial charge in [0.1, 0.15) is 11.5 Å². The van der Waals surface area contributed by atoms with Gasteiger partial charge in [0.2, 0.25) is 0 Å². The molecule has 0 amide bonds. The van der Waals surface area contributed by atoms with E-state index in [-0.39, 0.29) is 33.8 Å². The normalized spacial score (nSPS) is 10.5. The number of rotatable bonds is 5. The molecule has 2 aromatic rings. The van der Waals surface area contributed by atoms with E-state index in [2.05, 4.69) is 27.3 Å². The minimum Gasteiger partial charge on any atom is -0.495 e. The van der Waals surface area contributed by atoms with E-state index in [0.29, 0.717) is 5.75 Å². The molecule has 8 nitrogen and oxygen atoms in total. The van der Waals surface area contributed by atoms with Gasteiger partial charge in [-0.25, -0.2) is 0 Å². The topological polar surface area (TPSA) is 105 Å². The van der Waals surface area contributed by atoms with Crippen molar-refractivity contribution in [2.45, 2.75) is 10.4 Å². The molecule has 2 aromatic carbocycles. The molecule has 0 saturated carbocycles. The zero-order chi connectivity index (χ0) is 21.5. The summed E-state index contributed by atoms with van der Waals surface area (Å²) < 4.78 is 46.7. The van der Waals surface area contributed by atoms with Crippen LogP contribution in [-0.2, 0) is 0 Å². The fourth-order valence-electron chi connectivity index (χ4n) is 1.74. The van der Waals surface area contributed by atoms with Crippen molar-refractivity contribution in [3.05, 3.63) is 60.2 Å². The lowest BCUT2D eigenvalue weighted by atomic mass is 10.3. The molecule has 0 aliphatic heterocycles. The minimum absolute atomic E-state index is 0.0484. The Kier molecular flexibility index (Phi) is 8.74. The van der Waals surface area contributed by atoms with Gasteiger partial charge >= 0.3 is 5.51 Å². The first-order valence-electron chi connectivity index (χ1n) is 7.04. The number of non-ortho nitro benzene ring substituents is 2. The van der Waals surface area contributed by atoms with Gasteiger partial charge < -0.3 is 9.47 Å². The number of nitro groups is 2. The van der Waals surface area contributed by atoms with Crippen LogP contribution in [0.1, 0.15) is 0 Å². The van der Waals surface area contributed by atoms with E-state index in [1.807, 2.05) is 0 Å². The van der Waals surface area contributed by atoms with Crippen LogP contribution in [0.25, 0.3) is 0 Å². The zero-order valence-electron chi connectivity index (χ0n) is 14.2. The number of ether oxygens (including phenoxy) is 2. The van der Waals surface area contributed by atoms with E-state index in [9.17, 15) is 33.4 Å². The van der Waals surface area contributed by atoms with Crippen LogP contribution in [0.4, 0.5) is 24.5 Å². The second-order valence-electron chi connectivity index (χ2n) is 4.72. The highest BCUT2D eigenvalue weighted by molar-refractivity contribution is 14.1. The van der Waals surface area contributed by atoms with E-state index < -0.39 is 15.4 Å². The number of methoxy groups -OCH3 is 2. The Morgan fingerprint density at radius 2 is 1.39 bits per heavy atom. The Hall–Kier alpha value is -2.29. The molecule has 0 atom stereocenters. The first-order chi connectivity index (χ1) is 13.0. The van der Waals surface area contributed by atoms with E-state index >= 15 is 0 Å². The summed E-state index contributed by atoms with van der Waals surface area (Å²) in [6.07, 6.45) is 0. The van der Waals surface area contributed by atoms with Gasteiger partial charge in [-0.05, 0) is 46.5 Å². The molecule has 0 spiro atoms. The molecule has 0 unspecified atom stereocenters. The van der Waals surface area contributed by atoms with Crippen LogP contribution in [0, 0.1) is 23.8 Å². The van der Waals surface area contributed by atoms with Crippen molar-refractivity contribution in [1.29, 1.82) is 0 Å². The maximum Gasteiger partial charge on any atom is 0.446 e. The standard InChI is InChI=1S/C8H6F3NO3S.C7H6INO3/c1-15-6-4-5(12(13)14)2-3-7(6)16-8(9,10)11;1-12-7-4-5(9(10)11)2-3-6(7)8/h2-4H,1H3;2-4H,1H3. The molecule has 152 valence electrons. The van der Waals surface area contributed by atoms with Gasteiger partial charge in [-0.2, -0.15) is 13.2 Å². The third-order valence-electron chi connectivity index (χ3n) is 2.93. The summed E-state index contributed by atoms with van der Waals surface area (Å²) in [5.74, 6) is 0.362. The third-order valence-corrected chi connectivity index (χ3v) is 4.61. The monoisotopic (exact) mass is 532 g/mol. The number of halogens is 4. The molecule has 0 aromatic heterocycles. The summed E-state index contributed by atoms with van der Waals surface area (Å²) in [6, 6.07) is 7.46. The number of hydrogen-bond acceptors (Lipinski definition) is 7. The number of benzene rings is 2. The SMILES string of the molecule is COc1cc([N+](=O)[O-])ccc1I.COc1cc([N+](=O)[O-])ccc1SC(F)(F)F. The average Bonchev–Trinajstić information content (AvgIpc) is 2.61. The fourth-order valence-corrected chi connectivity index (χ4v) is 2.92. The molecule has 13 heteroatoms. The molecule has 0 bridgehead atoms. The van der Waals surface area contributed by atoms with E-state index in [1.165, 1.54) is 19.2 Å². The van der Waals surface area contributed by atoms with Gasteiger partial charge in [-0.15, -0.1) is 0 Å². The highest BCUT2D eigenvalue weighted by atomic mass is 127. The van der Waals surface area contributed by atoms with Crippen molar-refractivity contribution in [2.24, 2.45) is 0 Å². The van der Waals surface area contributed by atoms with E-state index in [4.69, 9.17) is 4.74 Å². The highest BCUT2D eigenvalue weighted by Crippen LogP contribution is 2.42. The summed E-state index contributed by atoms with van der Waals surface area (Å²) >= 11 is 1.68. The molecule has 0 N–H and O–H groups in total. The Labute approximate surface area is 174 Å². The first kappa shape index (κ1) is 23.7. The summed E-state index contributed by atoms with van der Waals surface area (Å²) in [6.45, 7) is 0. The van der Waals surface area contributed by atoms with Gasteiger partial charge in [-0.3, -0.25) is 20.2 Å². The van der Waals surface area contributed by atoms with Crippen LogP contribution in [-0.4, -0.2) is 29.6 Å². The summed E-state index contributed by atoms with van der Waals surface area (Å²) in [5, 5.41) is 20.7. The fraction of sp³-hybridized carbons (Fsp3) is 0.200. The smallest absolute Gasteiger partial charge is 0.446 e. The Morgan fingerprint density at radius 3 is 1.82 bits per heavy atom. The van der Waals surface area contributed by atoms with Gasteiger partial charge in [0, 0.05) is 12.1 Å². The number of nitrogens with zero attached hydrogens (tertiary/aromatic N) is 2. The van der Waals surface area contributed by atoms with E-state index in [0.717, 1.165) is 28.9 Å². The summed E-state index contributed by atoms with van der Waals surface area (Å²) in [7, 11) is 2.64. The molecule has 0 fully saturated rings. The van der Waals surface area contributed by atoms with Crippen LogP contribution in [0.15, 0.2) is 41.3 Å². The Balaban J connectivity index is 0.000000292. The maximum atomic E-state index is 12.1. The van der Waals surface area contributed by atoms with Crippen LogP contribution in [0.5, 0.6) is 11.5 Å². The quantitative estimate of drug-likeness (QED) is 0.219. The number of nitro benzene ring substituents is 2. The maximum absolute atomic E-state index is 12.1. The average molecular weight is 532 g/mol. The predicted octanol–water partition coefficient (Wildman–Crippen LogP) is 5.42. The Bertz CT molecular complexity index is 866. The van der Waals surface area contributed by atoms with Crippen LogP contribution >= 0.6 is 34.4 Å². The third kappa shape index (κ3) is 7.38. The van der Waals surface area contributed by atoms with Crippen molar-refractivity contribution in [3.63, 3.8) is 0 Å². The minimum atomic E-state index is -4.45. The van der Waals surface area contributed by atoms with Gasteiger partial charge in [0.15, 0.2) is 0 Å². The van der Waals surface area contributed by atoms with Crippen LogP contribution in [0.3, 0.4) is 0 Å². The summed E-state index contributed by atoms with van der Waals surface area (Å²) in [5.41, 5.74) is -4.72. The number of hydrogen-bond donors (Lipinski definition) is 0. The second-order valence-corrected chi connectivity index (χ2v) is 6.99. The molecule has 0 saturated heterocycles. The largest absolute Gasteiger partial charge is 0.495 e. The van der Waals surface area contributed by atoms with E-state index in [1.54, 1.807) is 6.07 Å². The van der Waals surface area contributed by atoms with Crippen molar-refractivity contribution in [3.8, 4) is 11.5 Å². The molecule has 2 rings (SSSR count). The van der Waals surface area contributed by atoms with Crippen LogP contribution < -0.4 is 9.47 Å². The molecular weight excluding hydrogens is 520 g/mol. The van der Waals surface area contributed by atoms with Crippen molar-refractivity contribution in [2.75, 3.05) is 14.2 Å². The zero-order valence-corrected chi connectivity index (χ0v) is 17.2. The number of alkyl halides is 3. The molecule has 0 aliphatic rings. The lowest BCUT2D eigenvalue weighted by Gasteiger charge is -2.09. The molecule has 28 heavy (non-hydrogen) atoms. The van der Waals surface area contributed by atoms with Gasteiger partial charge in [0.25, 0.3) is 11.4 Å². The summed E-state index contributed by atoms with van der Waals surface area (Å²) in [4.78, 5) is 19.4. The van der Waals surface area contributed by atoms with Crippen molar-refractivity contribution >= 4 is 45.7 Å². The van der Waals surface area contributed by atoms with Gasteiger partial charge in [0.05, 0.1) is 44.7 Å². The molecule has 0 aliphatic carbocycles. The first-order valence-corrected chi connectivity index (χ1v) is 8.94. The van der Waals surface area contributed by atoms with Crippen molar-refractivity contribution < 1.29 is 32.5 Å². The lowest BCUT2D eigenvalue weighted by Crippen LogP contribution is -2.00. The molecule has 0 radical (unpaired) electrons. The predicted molar refractivity (Wildman–Crippen MR) is 104 cm³/mol. The van der Waals surface area contributed by atoms with Crippen molar-refractivity contribution in [1.82, 2.24) is 0 Å². The Morgan fingerprint density at radius 1 is 0.929 bits per heavy atom.